The lowest BCUT2D eigenvalue weighted by Gasteiger charge is -2.08. The van der Waals surface area contributed by atoms with E-state index in [2.05, 4.69) is 5.32 Å². The number of carbonyl (C=O) groups excluding carboxylic acids is 2. The number of nitrogens with one attached hydrogen (secondary N) is 1. The van der Waals surface area contributed by atoms with Gasteiger partial charge in [0, 0.05) is 16.1 Å². The first-order valence-electron chi connectivity index (χ1n) is 6.97. The fourth-order valence-corrected chi connectivity index (χ4v) is 2.90. The lowest BCUT2D eigenvalue weighted by atomic mass is 10.1. The monoisotopic (exact) mass is 367 g/mol. The van der Waals surface area contributed by atoms with Crippen LogP contribution >= 0.6 is 23.4 Å². The number of thioether (sulfide) groups is 1. The molecule has 0 spiro atoms. The smallest absolute Gasteiger partial charge is 0.234 e. The first-order chi connectivity index (χ1) is 11.4. The van der Waals surface area contributed by atoms with Gasteiger partial charge in [-0.25, -0.2) is 4.39 Å². The molecule has 0 radical (unpaired) electrons. The Morgan fingerprint density at radius 2 is 2.00 bits per heavy atom. The number of hydrogen-bond acceptors (Lipinski definition) is 4. The van der Waals surface area contributed by atoms with Crippen LogP contribution in [0.25, 0.3) is 0 Å². The Bertz CT molecular complexity index is 782. The van der Waals surface area contributed by atoms with Gasteiger partial charge in [-0.3, -0.25) is 9.59 Å². The Kier molecular flexibility index (Phi) is 6.23. The molecule has 0 heterocycles. The molecule has 0 aliphatic carbocycles. The van der Waals surface area contributed by atoms with Crippen molar-refractivity contribution in [2.75, 3.05) is 18.2 Å². The highest BCUT2D eigenvalue weighted by molar-refractivity contribution is 8.00. The van der Waals surface area contributed by atoms with Crippen LogP contribution in [0.15, 0.2) is 41.3 Å². The maximum atomic E-state index is 13.9. The number of Topliss-reactive ketones (excluding diaryl/α,β-unsaturated/α-hetero) is 1. The molecule has 126 valence electrons. The van der Waals surface area contributed by atoms with E-state index in [9.17, 15) is 14.0 Å². The van der Waals surface area contributed by atoms with Gasteiger partial charge >= 0.3 is 0 Å². The summed E-state index contributed by atoms with van der Waals surface area (Å²) in [6.45, 7) is 1.37. The third-order valence-electron chi connectivity index (χ3n) is 3.13. The third kappa shape index (κ3) is 4.72. The van der Waals surface area contributed by atoms with Crippen molar-refractivity contribution >= 4 is 40.7 Å². The molecule has 2 aromatic rings. The Morgan fingerprint density at radius 1 is 1.25 bits per heavy atom. The van der Waals surface area contributed by atoms with E-state index in [1.54, 1.807) is 18.2 Å². The Morgan fingerprint density at radius 3 is 2.58 bits per heavy atom. The van der Waals surface area contributed by atoms with Crippen molar-refractivity contribution in [3.63, 3.8) is 0 Å². The van der Waals surface area contributed by atoms with E-state index >= 15 is 0 Å². The highest BCUT2D eigenvalue weighted by atomic mass is 35.5. The standard InChI is InChI=1S/C17H15ClFNO3S/c1-10(21)11-3-6-16(14(19)7-11)24-9-17(22)20-12-4-5-15(23-2)13(18)8-12/h3-8H,9H2,1-2H3,(H,20,22). The van der Waals surface area contributed by atoms with E-state index in [0.29, 0.717) is 26.9 Å². The number of anilines is 1. The van der Waals surface area contributed by atoms with Gasteiger partial charge in [-0.05, 0) is 37.3 Å². The minimum absolute atomic E-state index is 0.0278. The number of carbonyl (C=O) groups is 2. The zero-order chi connectivity index (χ0) is 17.7. The first-order valence-corrected chi connectivity index (χ1v) is 8.33. The van der Waals surface area contributed by atoms with Crippen molar-refractivity contribution in [2.45, 2.75) is 11.8 Å². The second-order valence-corrected chi connectivity index (χ2v) is 6.31. The molecule has 24 heavy (non-hydrogen) atoms. The van der Waals surface area contributed by atoms with Gasteiger partial charge in [0.15, 0.2) is 5.78 Å². The van der Waals surface area contributed by atoms with Crippen LogP contribution in [0, 0.1) is 5.82 Å². The summed E-state index contributed by atoms with van der Waals surface area (Å²) in [5, 5.41) is 3.06. The van der Waals surface area contributed by atoms with Crippen molar-refractivity contribution in [2.24, 2.45) is 0 Å². The van der Waals surface area contributed by atoms with Crippen molar-refractivity contribution < 1.29 is 18.7 Å². The van der Waals surface area contributed by atoms with E-state index < -0.39 is 5.82 Å². The molecule has 0 saturated heterocycles. The molecule has 1 N–H and O–H groups in total. The summed E-state index contributed by atoms with van der Waals surface area (Å²) in [6.07, 6.45) is 0. The molecule has 2 aromatic carbocycles. The van der Waals surface area contributed by atoms with Gasteiger partial charge in [-0.15, -0.1) is 11.8 Å². The van der Waals surface area contributed by atoms with E-state index in [1.165, 1.54) is 32.2 Å². The van der Waals surface area contributed by atoms with Crippen molar-refractivity contribution in [3.8, 4) is 5.75 Å². The second kappa shape index (κ2) is 8.17. The molecular formula is C17H15ClFNO3S. The molecule has 2 rings (SSSR count). The lowest BCUT2D eigenvalue weighted by Crippen LogP contribution is -2.14. The number of rotatable bonds is 6. The molecule has 7 heteroatoms. The number of ketones is 1. The summed E-state index contributed by atoms with van der Waals surface area (Å²) in [4.78, 5) is 23.5. The van der Waals surface area contributed by atoms with Crippen LogP contribution in [0.5, 0.6) is 5.75 Å². The minimum atomic E-state index is -0.520. The summed E-state index contributed by atoms with van der Waals surface area (Å²) in [5.74, 6) is -0.486. The van der Waals surface area contributed by atoms with Crippen LogP contribution in [0.3, 0.4) is 0 Å². The average Bonchev–Trinajstić information content (AvgIpc) is 2.53. The van der Waals surface area contributed by atoms with Gasteiger partial charge in [0.1, 0.15) is 11.6 Å². The summed E-state index contributed by atoms with van der Waals surface area (Å²) >= 11 is 7.04. The summed E-state index contributed by atoms with van der Waals surface area (Å²) < 4.78 is 18.9. The SMILES string of the molecule is COc1ccc(NC(=O)CSc2ccc(C(C)=O)cc2F)cc1Cl. The number of amides is 1. The number of methoxy groups -OCH3 is 1. The topological polar surface area (TPSA) is 55.4 Å². The zero-order valence-electron chi connectivity index (χ0n) is 13.1. The summed E-state index contributed by atoms with van der Waals surface area (Å²) in [6, 6.07) is 9.08. The largest absolute Gasteiger partial charge is 0.495 e. The van der Waals surface area contributed by atoms with Crippen molar-refractivity contribution in [3.05, 3.63) is 52.8 Å². The lowest BCUT2D eigenvalue weighted by molar-refractivity contribution is -0.113. The second-order valence-electron chi connectivity index (χ2n) is 4.89. The van der Waals surface area contributed by atoms with Gasteiger partial charge in [-0.1, -0.05) is 17.7 Å². The highest BCUT2D eigenvalue weighted by Gasteiger charge is 2.10. The molecule has 0 unspecified atom stereocenters. The molecule has 0 aliphatic heterocycles. The van der Waals surface area contributed by atoms with Gasteiger partial charge in [-0.2, -0.15) is 0 Å². The van der Waals surface area contributed by atoms with Crippen LogP contribution in [0.1, 0.15) is 17.3 Å². The molecule has 0 bridgehead atoms. The number of ether oxygens (including phenoxy) is 1. The summed E-state index contributed by atoms with van der Waals surface area (Å²) in [7, 11) is 1.50. The number of benzene rings is 2. The fraction of sp³-hybridized carbons (Fsp3) is 0.176. The van der Waals surface area contributed by atoms with Crippen LogP contribution in [0.4, 0.5) is 10.1 Å². The van der Waals surface area contributed by atoms with Crippen molar-refractivity contribution in [1.29, 1.82) is 0 Å². The van der Waals surface area contributed by atoms with E-state index in [1.807, 2.05) is 0 Å². The van der Waals surface area contributed by atoms with E-state index in [0.717, 1.165) is 11.8 Å². The fourth-order valence-electron chi connectivity index (χ4n) is 1.92. The quantitative estimate of drug-likeness (QED) is 0.606. The highest BCUT2D eigenvalue weighted by Crippen LogP contribution is 2.28. The van der Waals surface area contributed by atoms with Crippen LogP contribution in [-0.4, -0.2) is 24.6 Å². The molecule has 1 amide bonds. The Balaban J connectivity index is 1.96. The molecule has 0 aromatic heterocycles. The molecule has 4 nitrogen and oxygen atoms in total. The molecule has 0 atom stereocenters. The number of halogens is 2. The molecule has 0 fully saturated rings. The minimum Gasteiger partial charge on any atom is -0.495 e. The maximum absolute atomic E-state index is 13.9. The van der Waals surface area contributed by atoms with Crippen LogP contribution in [-0.2, 0) is 4.79 Å². The van der Waals surface area contributed by atoms with Gasteiger partial charge in [0.05, 0.1) is 17.9 Å². The molecule has 0 aliphatic rings. The molecular weight excluding hydrogens is 353 g/mol. The summed E-state index contributed by atoms with van der Waals surface area (Å²) in [5.41, 5.74) is 0.827. The first kappa shape index (κ1) is 18.3. The van der Waals surface area contributed by atoms with E-state index in [-0.39, 0.29) is 17.4 Å². The maximum Gasteiger partial charge on any atom is 0.234 e. The predicted octanol–water partition coefficient (Wildman–Crippen LogP) is 4.42. The Hall–Kier alpha value is -2.05. The normalized spacial score (nSPS) is 10.3. The van der Waals surface area contributed by atoms with Gasteiger partial charge in [0.25, 0.3) is 0 Å². The van der Waals surface area contributed by atoms with E-state index in [4.69, 9.17) is 16.3 Å². The van der Waals surface area contributed by atoms with Crippen LogP contribution in [0.2, 0.25) is 5.02 Å². The van der Waals surface area contributed by atoms with Gasteiger partial charge < -0.3 is 10.1 Å². The Labute approximate surface area is 148 Å². The average molecular weight is 368 g/mol. The molecule has 0 saturated carbocycles. The van der Waals surface area contributed by atoms with Crippen molar-refractivity contribution in [1.82, 2.24) is 0 Å². The predicted molar refractivity (Wildman–Crippen MR) is 93.8 cm³/mol. The zero-order valence-corrected chi connectivity index (χ0v) is 14.6. The third-order valence-corrected chi connectivity index (χ3v) is 4.48. The number of hydrogen-bond donors (Lipinski definition) is 1. The van der Waals surface area contributed by atoms with Crippen LogP contribution < -0.4 is 10.1 Å². The van der Waals surface area contributed by atoms with Gasteiger partial charge in [0.2, 0.25) is 5.91 Å².